The summed E-state index contributed by atoms with van der Waals surface area (Å²) < 4.78 is 6.95. The second-order valence-corrected chi connectivity index (χ2v) is 6.40. The van der Waals surface area contributed by atoms with Crippen molar-refractivity contribution in [3.05, 3.63) is 108 Å². The van der Waals surface area contributed by atoms with Crippen LogP contribution in [0.15, 0.2) is 97.2 Å². The van der Waals surface area contributed by atoms with Gasteiger partial charge >= 0.3 is 5.97 Å². The molecule has 142 valence electrons. The number of nitrogens with zero attached hydrogens (tertiary/aromatic N) is 2. The quantitative estimate of drug-likeness (QED) is 0.362. The fourth-order valence-electron chi connectivity index (χ4n) is 2.96. The summed E-state index contributed by atoms with van der Waals surface area (Å²) in [5.74, 6) is -0.842. The molecule has 0 atom stereocenters. The molecule has 29 heavy (non-hydrogen) atoms. The first kappa shape index (κ1) is 18.4. The van der Waals surface area contributed by atoms with E-state index in [2.05, 4.69) is 5.10 Å². The van der Waals surface area contributed by atoms with Crippen molar-refractivity contribution in [3.63, 3.8) is 0 Å². The van der Waals surface area contributed by atoms with Gasteiger partial charge in [0.1, 0.15) is 11.3 Å². The van der Waals surface area contributed by atoms with E-state index in [-0.39, 0.29) is 12.4 Å². The van der Waals surface area contributed by atoms with Crippen molar-refractivity contribution < 1.29 is 14.3 Å². The van der Waals surface area contributed by atoms with Crippen LogP contribution in [0.3, 0.4) is 0 Å². The van der Waals surface area contributed by atoms with Crippen LogP contribution in [-0.2, 0) is 4.74 Å². The van der Waals surface area contributed by atoms with E-state index in [4.69, 9.17) is 4.74 Å². The summed E-state index contributed by atoms with van der Waals surface area (Å²) in [4.78, 5) is 25.1. The van der Waals surface area contributed by atoms with Crippen molar-refractivity contribution in [1.29, 1.82) is 0 Å². The molecule has 0 unspecified atom stereocenters. The molecule has 3 aromatic carbocycles. The monoisotopic (exact) mass is 382 g/mol. The number of esters is 1. The maximum atomic E-state index is 12.8. The van der Waals surface area contributed by atoms with Gasteiger partial charge in [-0.15, -0.1) is 0 Å². The summed E-state index contributed by atoms with van der Waals surface area (Å²) in [5.41, 5.74) is 2.93. The molecule has 5 heteroatoms. The number of para-hydroxylation sites is 1. The Kier molecular flexibility index (Phi) is 5.29. The largest absolute Gasteiger partial charge is 0.454 e. The third-order valence-corrected chi connectivity index (χ3v) is 4.43. The minimum absolute atomic E-state index is 0.254. The van der Waals surface area contributed by atoms with E-state index in [0.29, 0.717) is 16.8 Å². The van der Waals surface area contributed by atoms with E-state index >= 15 is 0 Å². The number of ether oxygens (including phenoxy) is 1. The number of hydrogen-bond donors (Lipinski definition) is 0. The molecule has 0 spiro atoms. The van der Waals surface area contributed by atoms with Crippen LogP contribution in [0.25, 0.3) is 16.9 Å². The summed E-state index contributed by atoms with van der Waals surface area (Å²) in [5, 5.41) is 4.59. The van der Waals surface area contributed by atoms with Crippen LogP contribution >= 0.6 is 0 Å². The molecule has 0 aliphatic rings. The summed E-state index contributed by atoms with van der Waals surface area (Å²) in [6.45, 7) is -0.326. The lowest BCUT2D eigenvalue weighted by Crippen LogP contribution is -2.14. The second kappa shape index (κ2) is 8.35. The molecule has 0 bridgehead atoms. The van der Waals surface area contributed by atoms with Gasteiger partial charge in [0.15, 0.2) is 12.4 Å². The zero-order valence-electron chi connectivity index (χ0n) is 15.6. The fraction of sp³-hybridized carbons (Fsp3) is 0.0417. The third kappa shape index (κ3) is 4.14. The Labute approximate surface area is 168 Å². The number of ketones is 1. The van der Waals surface area contributed by atoms with Crippen LogP contribution in [-0.4, -0.2) is 28.1 Å². The molecular formula is C24H18N2O3. The van der Waals surface area contributed by atoms with Crippen LogP contribution in [0.5, 0.6) is 0 Å². The van der Waals surface area contributed by atoms with Crippen molar-refractivity contribution in [2.24, 2.45) is 0 Å². The molecule has 1 heterocycles. The molecule has 0 N–H and O–H groups in total. The van der Waals surface area contributed by atoms with E-state index in [1.807, 2.05) is 66.7 Å². The molecule has 1 aromatic heterocycles. The first-order chi connectivity index (χ1) is 14.2. The minimum atomic E-state index is -0.588. The molecule has 0 radical (unpaired) electrons. The molecule has 4 aromatic rings. The van der Waals surface area contributed by atoms with E-state index < -0.39 is 5.97 Å². The molecule has 0 amide bonds. The van der Waals surface area contributed by atoms with Gasteiger partial charge in [-0.1, -0.05) is 78.9 Å². The highest BCUT2D eigenvalue weighted by atomic mass is 16.5. The predicted molar refractivity (Wildman–Crippen MR) is 110 cm³/mol. The minimum Gasteiger partial charge on any atom is -0.454 e. The predicted octanol–water partition coefficient (Wildman–Crippen LogP) is 4.58. The number of aromatic nitrogens is 2. The van der Waals surface area contributed by atoms with Crippen LogP contribution in [0, 0.1) is 0 Å². The van der Waals surface area contributed by atoms with Gasteiger partial charge < -0.3 is 4.74 Å². The molecule has 0 fully saturated rings. The van der Waals surface area contributed by atoms with E-state index in [1.54, 1.807) is 35.1 Å². The Morgan fingerprint density at radius 2 is 1.38 bits per heavy atom. The highest BCUT2D eigenvalue weighted by molar-refractivity contribution is 6.01. The van der Waals surface area contributed by atoms with Gasteiger partial charge in [0.2, 0.25) is 0 Å². The Morgan fingerprint density at radius 3 is 2.03 bits per heavy atom. The number of Topliss-reactive ketones (excluding diaryl/α,β-unsaturated/α-hetero) is 1. The smallest absolute Gasteiger partial charge is 0.342 e. The molecule has 0 aliphatic heterocycles. The fourth-order valence-corrected chi connectivity index (χ4v) is 2.96. The number of carbonyl (C=O) groups is 2. The van der Waals surface area contributed by atoms with Crippen LogP contribution < -0.4 is 0 Å². The molecule has 5 nitrogen and oxygen atoms in total. The Bertz CT molecular complexity index is 1120. The van der Waals surface area contributed by atoms with Crippen molar-refractivity contribution in [1.82, 2.24) is 9.78 Å². The summed E-state index contributed by atoms with van der Waals surface area (Å²) in [6.07, 6.45) is 1.63. The van der Waals surface area contributed by atoms with Gasteiger partial charge in [-0.3, -0.25) is 4.79 Å². The van der Waals surface area contributed by atoms with Crippen molar-refractivity contribution in [3.8, 4) is 16.9 Å². The topological polar surface area (TPSA) is 61.2 Å². The van der Waals surface area contributed by atoms with Gasteiger partial charge in [-0.05, 0) is 12.1 Å². The molecule has 0 saturated heterocycles. The van der Waals surface area contributed by atoms with E-state index in [9.17, 15) is 9.59 Å². The lowest BCUT2D eigenvalue weighted by atomic mass is 10.1. The first-order valence-electron chi connectivity index (χ1n) is 9.18. The third-order valence-electron chi connectivity index (χ3n) is 4.43. The number of carbonyl (C=O) groups excluding carboxylic acids is 2. The number of benzene rings is 3. The Balaban J connectivity index is 1.62. The maximum Gasteiger partial charge on any atom is 0.342 e. The zero-order valence-corrected chi connectivity index (χ0v) is 15.6. The van der Waals surface area contributed by atoms with Crippen LogP contribution in [0.4, 0.5) is 0 Å². The van der Waals surface area contributed by atoms with Gasteiger partial charge in [0.25, 0.3) is 0 Å². The SMILES string of the molecule is O=C(COC(=O)c1cn(-c2ccccc2)nc1-c1ccccc1)c1ccccc1. The van der Waals surface area contributed by atoms with Gasteiger partial charge in [0, 0.05) is 17.3 Å². The summed E-state index contributed by atoms with van der Waals surface area (Å²) in [6, 6.07) is 27.7. The molecular weight excluding hydrogens is 364 g/mol. The first-order valence-corrected chi connectivity index (χ1v) is 9.18. The second-order valence-electron chi connectivity index (χ2n) is 6.40. The number of rotatable bonds is 6. The zero-order chi connectivity index (χ0) is 20.1. The average molecular weight is 382 g/mol. The molecule has 0 saturated carbocycles. The lowest BCUT2D eigenvalue weighted by Gasteiger charge is -2.05. The number of hydrogen-bond acceptors (Lipinski definition) is 4. The van der Waals surface area contributed by atoms with E-state index in [0.717, 1.165) is 11.3 Å². The van der Waals surface area contributed by atoms with E-state index in [1.165, 1.54) is 0 Å². The van der Waals surface area contributed by atoms with Gasteiger partial charge in [-0.25, -0.2) is 9.48 Å². The van der Waals surface area contributed by atoms with Crippen molar-refractivity contribution in [2.45, 2.75) is 0 Å². The molecule has 0 aliphatic carbocycles. The van der Waals surface area contributed by atoms with Crippen molar-refractivity contribution in [2.75, 3.05) is 6.61 Å². The maximum absolute atomic E-state index is 12.8. The highest BCUT2D eigenvalue weighted by Crippen LogP contribution is 2.24. The Hall–Kier alpha value is -3.99. The molecule has 4 rings (SSSR count). The van der Waals surface area contributed by atoms with Crippen LogP contribution in [0.1, 0.15) is 20.7 Å². The lowest BCUT2D eigenvalue weighted by molar-refractivity contribution is 0.0475. The standard InChI is InChI=1S/C24H18N2O3/c27-22(18-10-4-1-5-11-18)17-29-24(28)21-16-26(20-14-8-3-9-15-20)25-23(21)19-12-6-2-7-13-19/h1-16H,17H2. The summed E-state index contributed by atoms with van der Waals surface area (Å²) >= 11 is 0. The summed E-state index contributed by atoms with van der Waals surface area (Å²) in [7, 11) is 0. The van der Waals surface area contributed by atoms with Gasteiger partial charge in [-0.2, -0.15) is 5.10 Å². The van der Waals surface area contributed by atoms with Gasteiger partial charge in [0.05, 0.1) is 5.69 Å². The van der Waals surface area contributed by atoms with Crippen molar-refractivity contribution >= 4 is 11.8 Å². The normalized spacial score (nSPS) is 10.5. The van der Waals surface area contributed by atoms with Crippen LogP contribution in [0.2, 0.25) is 0 Å². The Morgan fingerprint density at radius 1 is 0.793 bits per heavy atom. The highest BCUT2D eigenvalue weighted by Gasteiger charge is 2.21. The average Bonchev–Trinajstić information content (AvgIpc) is 3.25.